The van der Waals surface area contributed by atoms with Crippen LogP contribution >= 0.6 is 0 Å². The van der Waals surface area contributed by atoms with Gasteiger partial charge in [0.1, 0.15) is 0 Å². The maximum Gasteiger partial charge on any atom is 0.0674 e. The van der Waals surface area contributed by atoms with Gasteiger partial charge in [0.15, 0.2) is 0 Å². The Bertz CT molecular complexity index is 870. The van der Waals surface area contributed by atoms with E-state index in [-0.39, 0.29) is 11.1 Å². The Labute approximate surface area is 158 Å². The molecule has 1 saturated carbocycles. The maximum absolute atomic E-state index is 4.11. The number of rotatable bonds is 3. The molecule has 5 atom stereocenters. The van der Waals surface area contributed by atoms with E-state index in [2.05, 4.69) is 81.5 Å². The first-order valence-electron chi connectivity index (χ1n) is 10.4. The molecule has 0 saturated heterocycles. The van der Waals surface area contributed by atoms with E-state index < -0.39 is 0 Å². The van der Waals surface area contributed by atoms with Crippen molar-refractivity contribution in [2.24, 2.45) is 11.8 Å². The monoisotopic (exact) mass is 345 g/mol. The van der Waals surface area contributed by atoms with Crippen molar-refractivity contribution >= 4 is 0 Å². The highest BCUT2D eigenvalue weighted by atomic mass is 15.1. The molecular weight excluding hydrogens is 314 g/mol. The van der Waals surface area contributed by atoms with E-state index in [9.17, 15) is 0 Å². The summed E-state index contributed by atoms with van der Waals surface area (Å²) in [4.78, 5) is 0. The Balaban J connectivity index is 1.75. The molecule has 1 nitrogen and oxygen atoms in total. The Morgan fingerprint density at radius 1 is 0.923 bits per heavy atom. The molecule has 2 bridgehead atoms. The van der Waals surface area contributed by atoms with Crippen molar-refractivity contribution in [3.63, 3.8) is 0 Å². The van der Waals surface area contributed by atoms with Gasteiger partial charge in [0.2, 0.25) is 0 Å². The van der Waals surface area contributed by atoms with Crippen LogP contribution in [-0.2, 0) is 16.5 Å². The van der Waals surface area contributed by atoms with Crippen molar-refractivity contribution in [2.45, 2.75) is 69.9 Å². The van der Waals surface area contributed by atoms with Crippen molar-refractivity contribution in [3.8, 4) is 0 Å². The first kappa shape index (κ1) is 16.6. The molecule has 2 aromatic rings. The van der Waals surface area contributed by atoms with E-state index >= 15 is 0 Å². The lowest BCUT2D eigenvalue weighted by Crippen LogP contribution is -2.47. The highest BCUT2D eigenvalue weighted by Crippen LogP contribution is 2.66. The number of hydrogen-bond acceptors (Lipinski definition) is 1. The lowest BCUT2D eigenvalue weighted by atomic mass is 9.74. The van der Waals surface area contributed by atoms with Gasteiger partial charge >= 0.3 is 0 Å². The molecule has 0 radical (unpaired) electrons. The molecular formula is C25H31N. The van der Waals surface area contributed by atoms with Crippen LogP contribution in [0.2, 0.25) is 0 Å². The minimum Gasteiger partial charge on any atom is -0.294 e. The average molecular weight is 346 g/mol. The first-order valence-corrected chi connectivity index (χ1v) is 10.4. The molecule has 2 aliphatic heterocycles. The molecule has 1 fully saturated rings. The lowest BCUT2D eigenvalue weighted by Gasteiger charge is -2.39. The lowest BCUT2D eigenvalue weighted by molar-refractivity contribution is 0.256. The van der Waals surface area contributed by atoms with Gasteiger partial charge in [-0.25, -0.2) is 0 Å². The maximum atomic E-state index is 4.11. The van der Waals surface area contributed by atoms with Gasteiger partial charge in [-0.15, -0.1) is 0 Å². The highest BCUT2D eigenvalue weighted by molar-refractivity contribution is 5.56. The predicted octanol–water partition coefficient (Wildman–Crippen LogP) is 5.87. The third kappa shape index (κ3) is 2.01. The zero-order chi connectivity index (χ0) is 18.2. The fraction of sp³-hybridized carbons (Fsp3) is 0.520. The quantitative estimate of drug-likeness (QED) is 0.734. The molecule has 1 N–H and O–H groups in total. The minimum atomic E-state index is -0.0854. The van der Waals surface area contributed by atoms with Crippen LogP contribution in [0.5, 0.6) is 0 Å². The second-order valence-electron chi connectivity index (χ2n) is 9.65. The zero-order valence-electron chi connectivity index (χ0n) is 16.6. The summed E-state index contributed by atoms with van der Waals surface area (Å²) in [6.07, 6.45) is 5.24. The summed E-state index contributed by atoms with van der Waals surface area (Å²) in [5.41, 5.74) is 6.54. The second-order valence-corrected chi connectivity index (χ2v) is 9.65. The Kier molecular flexibility index (Phi) is 3.33. The molecule has 3 aliphatic rings. The van der Waals surface area contributed by atoms with Crippen LogP contribution < -0.4 is 5.32 Å². The van der Waals surface area contributed by atoms with Crippen LogP contribution in [0.1, 0.15) is 75.6 Å². The molecule has 1 heteroatoms. The fourth-order valence-electron chi connectivity index (χ4n) is 6.41. The first-order chi connectivity index (χ1) is 12.4. The standard InChI is InChI=1S/C25H31N/c1-5-17(2)14-25-16-18(25)15-23(3)19-10-6-7-11-20(19)24(4,26-23)21-12-8-9-13-22(21)25/h6-13,17-18,26H,5,14-16H2,1-4H3. The molecule has 1 aliphatic carbocycles. The van der Waals surface area contributed by atoms with E-state index in [0.29, 0.717) is 5.41 Å². The topological polar surface area (TPSA) is 12.0 Å². The molecule has 5 rings (SSSR count). The molecule has 0 spiro atoms. The van der Waals surface area contributed by atoms with Gasteiger partial charge in [0, 0.05) is 5.54 Å². The van der Waals surface area contributed by atoms with E-state index in [0.717, 1.165) is 11.8 Å². The van der Waals surface area contributed by atoms with Gasteiger partial charge in [-0.1, -0.05) is 68.8 Å². The SMILES string of the molecule is CCC(C)CC12CC1CC1(C)NC(C)(c3ccccc31)c1ccccc12. The number of nitrogens with one attached hydrogen (secondary N) is 1. The van der Waals surface area contributed by atoms with Crippen LogP contribution in [0.3, 0.4) is 0 Å². The Morgan fingerprint density at radius 3 is 2.15 bits per heavy atom. The normalized spacial score (nSPS) is 37.8. The molecule has 26 heavy (non-hydrogen) atoms. The molecule has 2 aromatic carbocycles. The summed E-state index contributed by atoms with van der Waals surface area (Å²) >= 11 is 0. The summed E-state index contributed by atoms with van der Waals surface area (Å²) in [5.74, 6) is 1.59. The second kappa shape index (κ2) is 5.23. The molecule has 5 unspecified atom stereocenters. The van der Waals surface area contributed by atoms with Crippen molar-refractivity contribution in [3.05, 3.63) is 70.8 Å². The van der Waals surface area contributed by atoms with E-state index in [1.165, 1.54) is 42.4 Å². The van der Waals surface area contributed by atoms with Crippen LogP contribution in [0.4, 0.5) is 0 Å². The average Bonchev–Trinajstić information content (AvgIpc) is 3.25. The van der Waals surface area contributed by atoms with Crippen LogP contribution in [0.25, 0.3) is 0 Å². The molecule has 0 amide bonds. The van der Waals surface area contributed by atoms with Crippen LogP contribution in [-0.4, -0.2) is 0 Å². The van der Waals surface area contributed by atoms with Crippen molar-refractivity contribution < 1.29 is 0 Å². The third-order valence-corrected chi connectivity index (χ3v) is 7.88. The molecule has 136 valence electrons. The highest BCUT2D eigenvalue weighted by Gasteiger charge is 2.62. The Morgan fingerprint density at radius 2 is 1.50 bits per heavy atom. The van der Waals surface area contributed by atoms with Gasteiger partial charge in [-0.05, 0) is 72.6 Å². The number of fused-ring (bicyclic) bond motifs is 9. The number of hydrogen-bond donors (Lipinski definition) is 1. The van der Waals surface area contributed by atoms with E-state index in [4.69, 9.17) is 0 Å². The van der Waals surface area contributed by atoms with E-state index in [1.54, 1.807) is 5.56 Å². The summed E-state index contributed by atoms with van der Waals surface area (Å²) in [6, 6.07) is 18.5. The van der Waals surface area contributed by atoms with Crippen LogP contribution in [0, 0.1) is 11.8 Å². The third-order valence-electron chi connectivity index (χ3n) is 7.88. The van der Waals surface area contributed by atoms with Gasteiger partial charge in [-0.3, -0.25) is 5.32 Å². The largest absolute Gasteiger partial charge is 0.294 e. The van der Waals surface area contributed by atoms with Gasteiger partial charge in [0.25, 0.3) is 0 Å². The molecule has 0 aromatic heterocycles. The fourth-order valence-corrected chi connectivity index (χ4v) is 6.41. The smallest absolute Gasteiger partial charge is 0.0674 e. The summed E-state index contributed by atoms with van der Waals surface area (Å²) in [5, 5.41) is 4.11. The Hall–Kier alpha value is -1.60. The zero-order valence-corrected chi connectivity index (χ0v) is 16.6. The number of benzene rings is 2. The van der Waals surface area contributed by atoms with E-state index in [1.807, 2.05) is 0 Å². The van der Waals surface area contributed by atoms with Crippen molar-refractivity contribution in [1.82, 2.24) is 5.32 Å². The van der Waals surface area contributed by atoms with Crippen LogP contribution in [0.15, 0.2) is 48.5 Å². The summed E-state index contributed by atoms with van der Waals surface area (Å²) < 4.78 is 0. The van der Waals surface area contributed by atoms with Crippen molar-refractivity contribution in [1.29, 1.82) is 0 Å². The summed E-state index contributed by atoms with van der Waals surface area (Å²) in [7, 11) is 0. The van der Waals surface area contributed by atoms with Gasteiger partial charge in [-0.2, -0.15) is 0 Å². The van der Waals surface area contributed by atoms with Crippen molar-refractivity contribution in [2.75, 3.05) is 0 Å². The van der Waals surface area contributed by atoms with Gasteiger partial charge < -0.3 is 0 Å². The summed E-state index contributed by atoms with van der Waals surface area (Å²) in [6.45, 7) is 9.64. The predicted molar refractivity (Wildman–Crippen MR) is 108 cm³/mol. The minimum absolute atomic E-state index is 0.0841. The van der Waals surface area contributed by atoms with Gasteiger partial charge in [0.05, 0.1) is 5.54 Å². The molecule has 2 heterocycles.